The number of anilines is 1. The Hall–Kier alpha value is -3.64. The van der Waals surface area contributed by atoms with Gasteiger partial charge >= 0.3 is 0 Å². The first-order chi connectivity index (χ1) is 17.0. The molecule has 0 unspecified atom stereocenters. The van der Waals surface area contributed by atoms with Crippen molar-refractivity contribution in [1.82, 2.24) is 10.3 Å². The molecule has 0 saturated carbocycles. The van der Waals surface area contributed by atoms with Crippen molar-refractivity contribution >= 4 is 22.9 Å². The molecule has 6 heteroatoms. The second-order valence-corrected chi connectivity index (χ2v) is 10.2. The van der Waals surface area contributed by atoms with Crippen LogP contribution in [0.5, 0.6) is 5.75 Å². The van der Waals surface area contributed by atoms with Crippen molar-refractivity contribution in [1.29, 1.82) is 0 Å². The number of nitrogens with two attached hydrogens (primary N) is 1. The number of thiazole rings is 1. The van der Waals surface area contributed by atoms with Gasteiger partial charge in [-0.25, -0.2) is 4.98 Å². The van der Waals surface area contributed by atoms with Gasteiger partial charge in [-0.3, -0.25) is 4.79 Å². The second kappa shape index (κ2) is 9.92. The average molecular weight is 484 g/mol. The summed E-state index contributed by atoms with van der Waals surface area (Å²) in [5, 5.41) is 4.16. The number of nitrogen functional groups attached to an aromatic ring is 1. The maximum Gasteiger partial charge on any atom is 0.224 e. The molecule has 5 nitrogen and oxygen atoms in total. The standard InChI is InChI=1S/C29H29N3O2S/c1-18(2)34-26-14-11-20(16-24(26)30)29-31-17-27(35-29)23-10-6-9-22-21(23)12-13-25(22)32-28(33)15-19-7-4-3-5-8-19/h3-11,14,16-18,25H,12-13,15,30H2,1-2H3,(H,32,33)/t25-/m0/s1. The van der Waals surface area contributed by atoms with Gasteiger partial charge in [-0.05, 0) is 67.1 Å². The number of carbonyl (C=O) groups is 1. The number of amides is 1. The highest BCUT2D eigenvalue weighted by Gasteiger charge is 2.27. The summed E-state index contributed by atoms with van der Waals surface area (Å²) >= 11 is 1.66. The molecule has 1 heterocycles. The fraction of sp³-hybridized carbons (Fsp3) is 0.241. The fourth-order valence-corrected chi connectivity index (χ4v) is 5.60. The zero-order valence-corrected chi connectivity index (χ0v) is 20.8. The Kier molecular flexibility index (Phi) is 6.55. The van der Waals surface area contributed by atoms with E-state index in [2.05, 4.69) is 28.5 Å². The van der Waals surface area contributed by atoms with Gasteiger partial charge in [-0.2, -0.15) is 0 Å². The predicted octanol–water partition coefficient (Wildman–Crippen LogP) is 6.19. The number of rotatable bonds is 7. The Labute approximate surface area is 210 Å². The number of fused-ring (bicyclic) bond motifs is 1. The molecule has 1 amide bonds. The van der Waals surface area contributed by atoms with Gasteiger partial charge in [0.25, 0.3) is 0 Å². The molecule has 0 aliphatic heterocycles. The van der Waals surface area contributed by atoms with Gasteiger partial charge in [0, 0.05) is 11.8 Å². The number of hydrogen-bond acceptors (Lipinski definition) is 5. The van der Waals surface area contributed by atoms with Crippen LogP contribution < -0.4 is 15.8 Å². The van der Waals surface area contributed by atoms with Gasteiger partial charge in [-0.1, -0.05) is 48.5 Å². The van der Waals surface area contributed by atoms with Crippen LogP contribution in [0.15, 0.2) is 72.9 Å². The number of nitrogens with one attached hydrogen (secondary N) is 1. The van der Waals surface area contributed by atoms with Gasteiger partial charge < -0.3 is 15.8 Å². The SMILES string of the molecule is CC(C)Oc1ccc(-c2ncc(-c3cccc4c3CC[C@@H]4NC(=O)Cc3ccccc3)s2)cc1N. The van der Waals surface area contributed by atoms with Crippen LogP contribution in [0.1, 0.15) is 43.0 Å². The van der Waals surface area contributed by atoms with Crippen LogP contribution in [0, 0.1) is 0 Å². The van der Waals surface area contributed by atoms with Gasteiger partial charge in [-0.15, -0.1) is 11.3 Å². The highest BCUT2D eigenvalue weighted by Crippen LogP contribution is 2.41. The smallest absolute Gasteiger partial charge is 0.224 e. The zero-order valence-electron chi connectivity index (χ0n) is 20.0. The summed E-state index contributed by atoms with van der Waals surface area (Å²) in [6.07, 6.45) is 4.25. The molecule has 178 valence electrons. The molecule has 1 atom stereocenters. The van der Waals surface area contributed by atoms with E-state index in [0.717, 1.165) is 33.9 Å². The number of hydrogen-bond donors (Lipinski definition) is 2. The summed E-state index contributed by atoms with van der Waals surface area (Å²) in [5.41, 5.74) is 12.5. The van der Waals surface area contributed by atoms with E-state index in [1.54, 1.807) is 11.3 Å². The Morgan fingerprint density at radius 2 is 1.97 bits per heavy atom. The molecule has 4 aromatic rings. The van der Waals surface area contributed by atoms with Crippen molar-refractivity contribution in [2.45, 2.75) is 45.3 Å². The van der Waals surface area contributed by atoms with E-state index in [1.807, 2.05) is 68.6 Å². The Bertz CT molecular complexity index is 1350. The molecular formula is C29H29N3O2S. The minimum absolute atomic E-state index is 0.0434. The van der Waals surface area contributed by atoms with Gasteiger partial charge in [0.15, 0.2) is 0 Å². The molecule has 1 aromatic heterocycles. The predicted molar refractivity (Wildman–Crippen MR) is 143 cm³/mol. The number of aromatic nitrogens is 1. The molecule has 0 radical (unpaired) electrons. The topological polar surface area (TPSA) is 77.2 Å². The summed E-state index contributed by atoms with van der Waals surface area (Å²) in [7, 11) is 0. The molecule has 3 aromatic carbocycles. The van der Waals surface area contributed by atoms with Crippen LogP contribution in [0.4, 0.5) is 5.69 Å². The quantitative estimate of drug-likeness (QED) is 0.307. The third-order valence-electron chi connectivity index (χ3n) is 6.20. The first kappa shape index (κ1) is 23.1. The second-order valence-electron chi connectivity index (χ2n) is 9.14. The molecule has 35 heavy (non-hydrogen) atoms. The molecule has 1 aliphatic rings. The summed E-state index contributed by atoms with van der Waals surface area (Å²) in [6, 6.07) is 22.1. The van der Waals surface area contributed by atoms with Crippen molar-refractivity contribution in [3.63, 3.8) is 0 Å². The number of ether oxygens (including phenoxy) is 1. The minimum Gasteiger partial charge on any atom is -0.489 e. The monoisotopic (exact) mass is 483 g/mol. The number of benzene rings is 3. The van der Waals surface area contributed by atoms with Crippen LogP contribution in [-0.2, 0) is 17.6 Å². The molecule has 5 rings (SSSR count). The fourth-order valence-electron chi connectivity index (χ4n) is 4.64. The van der Waals surface area contributed by atoms with E-state index >= 15 is 0 Å². The first-order valence-corrected chi connectivity index (χ1v) is 12.8. The van der Waals surface area contributed by atoms with E-state index in [-0.39, 0.29) is 18.1 Å². The van der Waals surface area contributed by atoms with Crippen LogP contribution in [0.25, 0.3) is 21.0 Å². The van der Waals surface area contributed by atoms with E-state index < -0.39 is 0 Å². The Balaban J connectivity index is 1.34. The molecular weight excluding hydrogens is 454 g/mol. The highest BCUT2D eigenvalue weighted by molar-refractivity contribution is 7.18. The van der Waals surface area contributed by atoms with Crippen molar-refractivity contribution in [3.05, 3.63) is 89.6 Å². The summed E-state index contributed by atoms with van der Waals surface area (Å²) in [4.78, 5) is 18.5. The van der Waals surface area contributed by atoms with Gasteiger partial charge in [0.1, 0.15) is 10.8 Å². The lowest BCUT2D eigenvalue weighted by Gasteiger charge is -2.15. The number of carbonyl (C=O) groups excluding carboxylic acids is 1. The average Bonchev–Trinajstić information content (AvgIpc) is 3.49. The van der Waals surface area contributed by atoms with Crippen molar-refractivity contribution in [3.8, 4) is 26.8 Å². The Morgan fingerprint density at radius 1 is 1.14 bits per heavy atom. The zero-order chi connectivity index (χ0) is 24.4. The van der Waals surface area contributed by atoms with E-state index in [1.165, 1.54) is 16.7 Å². The van der Waals surface area contributed by atoms with Gasteiger partial charge in [0.05, 0.1) is 29.1 Å². The van der Waals surface area contributed by atoms with Crippen LogP contribution >= 0.6 is 11.3 Å². The molecule has 0 fully saturated rings. The summed E-state index contributed by atoms with van der Waals surface area (Å²) < 4.78 is 5.76. The van der Waals surface area contributed by atoms with Crippen molar-refractivity contribution < 1.29 is 9.53 Å². The summed E-state index contributed by atoms with van der Waals surface area (Å²) in [6.45, 7) is 3.97. The van der Waals surface area contributed by atoms with Crippen LogP contribution in [-0.4, -0.2) is 17.0 Å². The van der Waals surface area contributed by atoms with Crippen LogP contribution in [0.2, 0.25) is 0 Å². The lowest BCUT2D eigenvalue weighted by Crippen LogP contribution is -2.28. The lowest BCUT2D eigenvalue weighted by atomic mass is 10.0. The van der Waals surface area contributed by atoms with E-state index in [4.69, 9.17) is 10.5 Å². The van der Waals surface area contributed by atoms with Crippen molar-refractivity contribution in [2.24, 2.45) is 0 Å². The van der Waals surface area contributed by atoms with Crippen LogP contribution in [0.3, 0.4) is 0 Å². The molecule has 3 N–H and O–H groups in total. The normalized spacial score (nSPS) is 14.7. The molecule has 0 spiro atoms. The first-order valence-electron chi connectivity index (χ1n) is 12.0. The number of nitrogens with zero attached hydrogens (tertiary/aromatic N) is 1. The largest absolute Gasteiger partial charge is 0.489 e. The van der Waals surface area contributed by atoms with Crippen molar-refractivity contribution in [2.75, 3.05) is 5.73 Å². The molecule has 1 aliphatic carbocycles. The minimum atomic E-state index is 0.0434. The third kappa shape index (κ3) is 5.08. The maximum atomic E-state index is 12.7. The van der Waals surface area contributed by atoms with Gasteiger partial charge in [0.2, 0.25) is 5.91 Å². The molecule has 0 bridgehead atoms. The summed E-state index contributed by atoms with van der Waals surface area (Å²) in [5.74, 6) is 0.753. The lowest BCUT2D eigenvalue weighted by molar-refractivity contribution is -0.121. The van der Waals surface area contributed by atoms with E-state index in [0.29, 0.717) is 17.9 Å². The highest BCUT2D eigenvalue weighted by atomic mass is 32.1. The van der Waals surface area contributed by atoms with E-state index in [9.17, 15) is 4.79 Å². The maximum absolute atomic E-state index is 12.7. The molecule has 0 saturated heterocycles. The third-order valence-corrected chi connectivity index (χ3v) is 7.28. The Morgan fingerprint density at radius 3 is 2.74 bits per heavy atom.